The highest BCUT2D eigenvalue weighted by Gasteiger charge is 2.32. The van der Waals surface area contributed by atoms with Gasteiger partial charge in [0.1, 0.15) is 17.7 Å². The first-order valence-corrected chi connectivity index (χ1v) is 11.1. The monoisotopic (exact) mass is 465 g/mol. The van der Waals surface area contributed by atoms with Crippen molar-refractivity contribution in [2.24, 2.45) is 0 Å². The van der Waals surface area contributed by atoms with Gasteiger partial charge in [0.2, 0.25) is 0 Å². The zero-order chi connectivity index (χ0) is 23.7. The van der Waals surface area contributed by atoms with Gasteiger partial charge in [-0.15, -0.1) is 5.10 Å². The van der Waals surface area contributed by atoms with E-state index in [2.05, 4.69) is 10.3 Å². The molecule has 0 N–H and O–H groups in total. The number of hydrogen-bond acceptors (Lipinski definition) is 6. The van der Waals surface area contributed by atoms with Crippen molar-refractivity contribution in [1.29, 1.82) is 0 Å². The van der Waals surface area contributed by atoms with Crippen LogP contribution in [0.25, 0.3) is 0 Å². The Morgan fingerprint density at radius 3 is 2.26 bits per heavy atom. The third kappa shape index (κ3) is 4.24. The standard InChI is InChI=1S/C24H24FN5O4/c1-33-19-8-4-16(5-9-19)21-14-30-20(15-34-21)22(26-27-30)24(32)29-12-10-28(11-13-29)23(31)17-2-6-18(25)7-3-17/h2-9,21H,10-15H2,1H3/t21-/m1/s1. The number of amides is 2. The van der Waals surface area contributed by atoms with Crippen LogP contribution < -0.4 is 4.74 Å². The van der Waals surface area contributed by atoms with Gasteiger partial charge in [0.25, 0.3) is 11.8 Å². The smallest absolute Gasteiger partial charge is 0.276 e. The van der Waals surface area contributed by atoms with Crippen molar-refractivity contribution in [1.82, 2.24) is 24.8 Å². The summed E-state index contributed by atoms with van der Waals surface area (Å²) in [6.45, 7) is 2.24. The number of fused-ring (bicyclic) bond motifs is 1. The molecule has 1 saturated heterocycles. The molecule has 9 nitrogen and oxygen atoms in total. The summed E-state index contributed by atoms with van der Waals surface area (Å²) in [7, 11) is 1.62. The first kappa shape index (κ1) is 22.0. The lowest BCUT2D eigenvalue weighted by Crippen LogP contribution is -2.50. The summed E-state index contributed by atoms with van der Waals surface area (Å²) in [6.07, 6.45) is -0.191. The Morgan fingerprint density at radius 1 is 0.971 bits per heavy atom. The number of rotatable bonds is 4. The molecule has 3 aromatic rings. The van der Waals surface area contributed by atoms with Crippen molar-refractivity contribution in [3.8, 4) is 5.75 Å². The van der Waals surface area contributed by atoms with E-state index < -0.39 is 0 Å². The molecule has 1 atom stereocenters. The van der Waals surface area contributed by atoms with E-state index in [9.17, 15) is 14.0 Å². The molecule has 2 aromatic carbocycles. The molecule has 2 aliphatic heterocycles. The molecule has 0 radical (unpaired) electrons. The third-order valence-electron chi connectivity index (χ3n) is 6.23. The zero-order valence-electron chi connectivity index (χ0n) is 18.7. The van der Waals surface area contributed by atoms with Crippen molar-refractivity contribution in [3.05, 3.63) is 76.9 Å². The molecule has 34 heavy (non-hydrogen) atoms. The number of piperazine rings is 1. The summed E-state index contributed by atoms with van der Waals surface area (Å²) in [5, 5.41) is 8.34. The Hall–Kier alpha value is -3.79. The summed E-state index contributed by atoms with van der Waals surface area (Å²) < 4.78 is 26.1. The minimum Gasteiger partial charge on any atom is -0.497 e. The van der Waals surface area contributed by atoms with Gasteiger partial charge in [0.15, 0.2) is 5.69 Å². The van der Waals surface area contributed by atoms with Gasteiger partial charge in [-0.1, -0.05) is 17.3 Å². The van der Waals surface area contributed by atoms with Crippen LogP contribution in [0.2, 0.25) is 0 Å². The number of methoxy groups -OCH3 is 1. The predicted molar refractivity (Wildman–Crippen MR) is 119 cm³/mol. The summed E-state index contributed by atoms with van der Waals surface area (Å²) in [4.78, 5) is 29.1. The Kier molecular flexibility index (Phi) is 5.97. The van der Waals surface area contributed by atoms with Gasteiger partial charge in [-0.25, -0.2) is 9.07 Å². The average molecular weight is 465 g/mol. The molecular weight excluding hydrogens is 441 g/mol. The molecule has 0 spiro atoms. The Balaban J connectivity index is 1.21. The molecule has 2 aliphatic rings. The Morgan fingerprint density at radius 2 is 1.62 bits per heavy atom. The fraction of sp³-hybridized carbons (Fsp3) is 0.333. The third-order valence-corrected chi connectivity index (χ3v) is 6.23. The Bertz CT molecular complexity index is 1190. The van der Waals surface area contributed by atoms with E-state index in [1.165, 1.54) is 24.3 Å². The molecule has 3 heterocycles. The van der Waals surface area contributed by atoms with Gasteiger partial charge in [-0.05, 0) is 42.0 Å². The summed E-state index contributed by atoms with van der Waals surface area (Å²) in [6, 6.07) is 13.1. The van der Waals surface area contributed by atoms with E-state index in [0.717, 1.165) is 11.3 Å². The number of carbonyl (C=O) groups is 2. The van der Waals surface area contributed by atoms with E-state index >= 15 is 0 Å². The molecule has 2 amide bonds. The van der Waals surface area contributed by atoms with Gasteiger partial charge in [-0.2, -0.15) is 0 Å². The largest absolute Gasteiger partial charge is 0.497 e. The molecule has 10 heteroatoms. The van der Waals surface area contributed by atoms with Crippen molar-refractivity contribution in [2.75, 3.05) is 33.3 Å². The van der Waals surface area contributed by atoms with Crippen molar-refractivity contribution in [3.63, 3.8) is 0 Å². The summed E-state index contributed by atoms with van der Waals surface area (Å²) in [5.41, 5.74) is 2.36. The maximum absolute atomic E-state index is 13.1. The van der Waals surface area contributed by atoms with Gasteiger partial charge in [-0.3, -0.25) is 9.59 Å². The molecule has 1 aromatic heterocycles. The van der Waals surface area contributed by atoms with Gasteiger partial charge < -0.3 is 19.3 Å². The first-order chi connectivity index (χ1) is 16.5. The number of carbonyl (C=O) groups excluding carboxylic acids is 2. The van der Waals surface area contributed by atoms with E-state index in [1.807, 2.05) is 24.3 Å². The van der Waals surface area contributed by atoms with Crippen LogP contribution >= 0.6 is 0 Å². The minimum atomic E-state index is -0.386. The lowest BCUT2D eigenvalue weighted by atomic mass is 10.1. The maximum atomic E-state index is 13.1. The fourth-order valence-corrected chi connectivity index (χ4v) is 4.24. The summed E-state index contributed by atoms with van der Waals surface area (Å²) in [5.74, 6) is -0.00985. The van der Waals surface area contributed by atoms with E-state index in [1.54, 1.807) is 21.6 Å². The van der Waals surface area contributed by atoms with Crippen LogP contribution in [-0.4, -0.2) is 69.9 Å². The topological polar surface area (TPSA) is 89.8 Å². The van der Waals surface area contributed by atoms with E-state index in [4.69, 9.17) is 9.47 Å². The highest BCUT2D eigenvalue weighted by Crippen LogP contribution is 2.28. The van der Waals surface area contributed by atoms with Crippen molar-refractivity contribution in [2.45, 2.75) is 19.3 Å². The molecule has 0 aliphatic carbocycles. The van der Waals surface area contributed by atoms with Gasteiger partial charge >= 0.3 is 0 Å². The number of ether oxygens (including phenoxy) is 2. The van der Waals surface area contributed by atoms with Crippen LogP contribution in [0.1, 0.15) is 38.2 Å². The average Bonchev–Trinajstić information content (AvgIpc) is 3.32. The normalized spacial score (nSPS) is 17.9. The summed E-state index contributed by atoms with van der Waals surface area (Å²) >= 11 is 0. The van der Waals surface area contributed by atoms with Crippen molar-refractivity contribution >= 4 is 11.8 Å². The highest BCUT2D eigenvalue weighted by molar-refractivity contribution is 5.95. The number of halogens is 1. The lowest BCUT2D eigenvalue weighted by Gasteiger charge is -2.34. The number of hydrogen-bond donors (Lipinski definition) is 0. The SMILES string of the molecule is COc1ccc([C@H]2Cn3nnc(C(=O)N4CCN(C(=O)c5ccc(F)cc5)CC4)c3CO2)cc1. The first-order valence-electron chi connectivity index (χ1n) is 11.1. The number of aromatic nitrogens is 3. The molecule has 5 rings (SSSR count). The van der Waals surface area contributed by atoms with E-state index in [-0.39, 0.29) is 36.0 Å². The second-order valence-electron chi connectivity index (χ2n) is 8.23. The van der Waals surface area contributed by atoms with Crippen LogP contribution in [0.4, 0.5) is 4.39 Å². The highest BCUT2D eigenvalue weighted by atomic mass is 19.1. The maximum Gasteiger partial charge on any atom is 0.276 e. The van der Waals surface area contributed by atoms with Crippen LogP contribution in [0.5, 0.6) is 5.75 Å². The van der Waals surface area contributed by atoms with Gasteiger partial charge in [0.05, 0.1) is 26.0 Å². The lowest BCUT2D eigenvalue weighted by molar-refractivity contribution is -0.00204. The van der Waals surface area contributed by atoms with E-state index in [0.29, 0.717) is 44.0 Å². The van der Waals surface area contributed by atoms with Crippen LogP contribution in [-0.2, 0) is 17.9 Å². The predicted octanol–water partition coefficient (Wildman–Crippen LogP) is 2.30. The number of benzene rings is 2. The number of nitrogens with zero attached hydrogens (tertiary/aromatic N) is 5. The molecule has 176 valence electrons. The molecule has 0 unspecified atom stereocenters. The minimum absolute atomic E-state index is 0.175. The Labute approximate surface area is 195 Å². The van der Waals surface area contributed by atoms with Gasteiger partial charge in [0, 0.05) is 31.7 Å². The van der Waals surface area contributed by atoms with Crippen LogP contribution in [0, 0.1) is 5.82 Å². The van der Waals surface area contributed by atoms with Crippen LogP contribution in [0.3, 0.4) is 0 Å². The molecule has 1 fully saturated rings. The second-order valence-corrected chi connectivity index (χ2v) is 8.23. The molecule has 0 saturated carbocycles. The van der Waals surface area contributed by atoms with Crippen LogP contribution in [0.15, 0.2) is 48.5 Å². The van der Waals surface area contributed by atoms with Crippen molar-refractivity contribution < 1.29 is 23.5 Å². The molecule has 0 bridgehead atoms. The second kappa shape index (κ2) is 9.22. The zero-order valence-corrected chi connectivity index (χ0v) is 18.7. The fourth-order valence-electron chi connectivity index (χ4n) is 4.24. The molecular formula is C24H24FN5O4. The quantitative estimate of drug-likeness (QED) is 0.588.